The molecule has 0 aliphatic rings. The second kappa shape index (κ2) is 11.3. The van der Waals surface area contributed by atoms with Crippen LogP contribution in [0.5, 0.6) is 0 Å². The number of esters is 1. The van der Waals surface area contributed by atoms with Gasteiger partial charge in [-0.05, 0) is 18.9 Å². The highest BCUT2D eigenvalue weighted by Gasteiger charge is 2.22. The van der Waals surface area contributed by atoms with Crippen LogP contribution in [0, 0.1) is 0 Å². The van der Waals surface area contributed by atoms with Crippen LogP contribution >= 0.6 is 0 Å². The van der Waals surface area contributed by atoms with E-state index in [2.05, 4.69) is 0 Å². The largest absolute Gasteiger partial charge is 0.464 e. The molecule has 0 fully saturated rings. The first kappa shape index (κ1) is 17.6. The summed E-state index contributed by atoms with van der Waals surface area (Å²) < 4.78 is 21.0. The molecule has 0 spiro atoms. The van der Waals surface area contributed by atoms with Crippen molar-refractivity contribution in [3.8, 4) is 0 Å². The Hall–Kier alpha value is -1.43. The number of ether oxygens (including phenoxy) is 4. The summed E-state index contributed by atoms with van der Waals surface area (Å²) in [6, 6.07) is 9.36. The number of hydrogen-bond donors (Lipinski definition) is 0. The summed E-state index contributed by atoms with van der Waals surface area (Å²) in [4.78, 5) is 12.0. The van der Waals surface area contributed by atoms with E-state index in [0.717, 1.165) is 5.56 Å². The molecule has 5 heteroatoms. The van der Waals surface area contributed by atoms with Crippen LogP contribution in [-0.2, 0) is 23.7 Å². The summed E-state index contributed by atoms with van der Waals surface area (Å²) in [5, 5.41) is 0. The smallest absolute Gasteiger partial charge is 0.339 e. The summed E-state index contributed by atoms with van der Waals surface area (Å²) >= 11 is 0. The van der Waals surface area contributed by atoms with Crippen LogP contribution in [0.4, 0.5) is 0 Å². The number of benzene rings is 1. The molecule has 1 aromatic carbocycles. The Morgan fingerprint density at radius 3 is 2.52 bits per heavy atom. The number of carbonyl (C=O) groups is 1. The molecule has 1 atom stereocenters. The van der Waals surface area contributed by atoms with E-state index in [1.54, 1.807) is 14.0 Å². The van der Waals surface area contributed by atoms with Crippen LogP contribution < -0.4 is 0 Å². The molecule has 0 saturated heterocycles. The van der Waals surface area contributed by atoms with Crippen LogP contribution in [0.25, 0.3) is 0 Å². The highest BCUT2D eigenvalue weighted by Crippen LogP contribution is 2.19. The van der Waals surface area contributed by atoms with E-state index < -0.39 is 6.10 Å². The Kier molecular flexibility index (Phi) is 9.44. The molecular weight excluding hydrogens is 272 g/mol. The fourth-order valence-electron chi connectivity index (χ4n) is 1.75. The van der Waals surface area contributed by atoms with E-state index >= 15 is 0 Å². The normalized spacial score (nSPS) is 12.1. The number of methoxy groups -OCH3 is 1. The minimum Gasteiger partial charge on any atom is -0.464 e. The van der Waals surface area contributed by atoms with E-state index in [1.165, 1.54) is 0 Å². The minimum absolute atomic E-state index is 0.339. The first-order chi connectivity index (χ1) is 10.3. The first-order valence-corrected chi connectivity index (χ1v) is 7.19. The molecule has 1 aromatic rings. The monoisotopic (exact) mass is 296 g/mol. The molecule has 0 bridgehead atoms. The van der Waals surface area contributed by atoms with E-state index in [0.29, 0.717) is 39.5 Å². The Morgan fingerprint density at radius 2 is 1.86 bits per heavy atom. The zero-order chi connectivity index (χ0) is 15.3. The third kappa shape index (κ3) is 7.22. The van der Waals surface area contributed by atoms with Crippen LogP contribution in [0.15, 0.2) is 30.3 Å². The van der Waals surface area contributed by atoms with Gasteiger partial charge in [0, 0.05) is 13.7 Å². The maximum Gasteiger partial charge on any atom is 0.339 e. The van der Waals surface area contributed by atoms with Crippen molar-refractivity contribution in [3.05, 3.63) is 35.9 Å². The lowest BCUT2D eigenvalue weighted by molar-refractivity contribution is -0.157. The van der Waals surface area contributed by atoms with Crippen molar-refractivity contribution in [3.63, 3.8) is 0 Å². The van der Waals surface area contributed by atoms with Gasteiger partial charge in [-0.2, -0.15) is 0 Å². The molecule has 118 valence electrons. The van der Waals surface area contributed by atoms with Crippen molar-refractivity contribution >= 4 is 5.97 Å². The molecule has 1 rings (SSSR count). The van der Waals surface area contributed by atoms with Crippen molar-refractivity contribution in [2.45, 2.75) is 19.4 Å². The van der Waals surface area contributed by atoms with Gasteiger partial charge in [0.1, 0.15) is 0 Å². The highest BCUT2D eigenvalue weighted by atomic mass is 16.6. The topological polar surface area (TPSA) is 54.0 Å². The summed E-state index contributed by atoms with van der Waals surface area (Å²) in [6.45, 7) is 4.28. The van der Waals surface area contributed by atoms with Gasteiger partial charge in [0.05, 0.1) is 26.4 Å². The molecule has 0 aliphatic heterocycles. The van der Waals surface area contributed by atoms with Gasteiger partial charge in [-0.3, -0.25) is 0 Å². The Balaban J connectivity index is 2.38. The number of carbonyl (C=O) groups excluding carboxylic acids is 1. The van der Waals surface area contributed by atoms with E-state index in [1.807, 2.05) is 30.3 Å². The predicted molar refractivity (Wildman–Crippen MR) is 79.1 cm³/mol. The molecular formula is C16H24O5. The molecule has 0 aromatic heterocycles. The molecule has 0 N–H and O–H groups in total. The lowest BCUT2D eigenvalue weighted by Crippen LogP contribution is -2.20. The molecule has 21 heavy (non-hydrogen) atoms. The van der Waals surface area contributed by atoms with Crippen LogP contribution in [0.3, 0.4) is 0 Å². The average molecular weight is 296 g/mol. The molecule has 0 saturated carbocycles. The van der Waals surface area contributed by atoms with Gasteiger partial charge >= 0.3 is 5.97 Å². The van der Waals surface area contributed by atoms with Crippen molar-refractivity contribution in [1.29, 1.82) is 0 Å². The van der Waals surface area contributed by atoms with Crippen LogP contribution in [0.1, 0.15) is 25.0 Å². The van der Waals surface area contributed by atoms with E-state index in [4.69, 9.17) is 18.9 Å². The third-order valence-electron chi connectivity index (χ3n) is 2.75. The summed E-state index contributed by atoms with van der Waals surface area (Å²) in [5.41, 5.74) is 0.802. The zero-order valence-corrected chi connectivity index (χ0v) is 12.7. The predicted octanol–water partition coefficient (Wildman–Crippen LogP) is 2.36. The number of rotatable bonds is 11. The highest BCUT2D eigenvalue weighted by molar-refractivity contribution is 5.76. The van der Waals surface area contributed by atoms with E-state index in [9.17, 15) is 4.79 Å². The first-order valence-electron chi connectivity index (χ1n) is 7.19. The van der Waals surface area contributed by atoms with Crippen molar-refractivity contribution < 1.29 is 23.7 Å². The summed E-state index contributed by atoms with van der Waals surface area (Å²) in [5.74, 6) is -0.357. The van der Waals surface area contributed by atoms with Gasteiger partial charge in [-0.25, -0.2) is 4.79 Å². The quantitative estimate of drug-likeness (QED) is 0.463. The van der Waals surface area contributed by atoms with E-state index in [-0.39, 0.29) is 5.97 Å². The molecule has 0 amide bonds. The lowest BCUT2D eigenvalue weighted by Gasteiger charge is -2.16. The van der Waals surface area contributed by atoms with Crippen molar-refractivity contribution in [1.82, 2.24) is 0 Å². The SMILES string of the molecule is CCOC(=O)C(OCCCOCCOC)c1ccccc1. The molecule has 5 nitrogen and oxygen atoms in total. The molecule has 0 heterocycles. The van der Waals surface area contributed by atoms with Crippen LogP contribution in [-0.4, -0.2) is 46.1 Å². The maximum atomic E-state index is 12.0. The molecule has 0 aliphatic carbocycles. The summed E-state index contributed by atoms with van der Waals surface area (Å²) in [7, 11) is 1.64. The van der Waals surface area contributed by atoms with Gasteiger partial charge in [-0.1, -0.05) is 30.3 Å². The average Bonchev–Trinajstić information content (AvgIpc) is 2.51. The Morgan fingerprint density at radius 1 is 1.10 bits per heavy atom. The number of hydrogen-bond acceptors (Lipinski definition) is 5. The zero-order valence-electron chi connectivity index (χ0n) is 12.7. The van der Waals surface area contributed by atoms with Crippen LogP contribution in [0.2, 0.25) is 0 Å². The summed E-state index contributed by atoms with van der Waals surface area (Å²) in [6.07, 6.45) is 0.0389. The van der Waals surface area contributed by atoms with Gasteiger partial charge in [0.25, 0.3) is 0 Å². The standard InChI is InChI=1S/C16H24O5/c1-3-20-16(17)15(14-8-5-4-6-9-14)21-11-7-10-19-13-12-18-2/h4-6,8-9,15H,3,7,10-13H2,1-2H3. The molecule has 1 unspecified atom stereocenters. The fourth-order valence-corrected chi connectivity index (χ4v) is 1.75. The molecule has 0 radical (unpaired) electrons. The minimum atomic E-state index is -0.676. The van der Waals surface area contributed by atoms with Gasteiger partial charge in [-0.15, -0.1) is 0 Å². The Bertz CT molecular complexity index is 380. The van der Waals surface area contributed by atoms with Crippen molar-refractivity contribution in [2.75, 3.05) is 40.1 Å². The second-order valence-corrected chi connectivity index (χ2v) is 4.37. The second-order valence-electron chi connectivity index (χ2n) is 4.37. The maximum absolute atomic E-state index is 12.0. The van der Waals surface area contributed by atoms with Gasteiger partial charge in [0.15, 0.2) is 6.10 Å². The Labute approximate surface area is 126 Å². The van der Waals surface area contributed by atoms with Crippen molar-refractivity contribution in [2.24, 2.45) is 0 Å². The third-order valence-corrected chi connectivity index (χ3v) is 2.75. The lowest BCUT2D eigenvalue weighted by atomic mass is 10.1. The van der Waals surface area contributed by atoms with Gasteiger partial charge in [0.2, 0.25) is 0 Å². The van der Waals surface area contributed by atoms with Gasteiger partial charge < -0.3 is 18.9 Å². The fraction of sp³-hybridized carbons (Fsp3) is 0.562.